The van der Waals surface area contributed by atoms with E-state index >= 15 is 0 Å². The molecule has 0 bridgehead atoms. The van der Waals surface area contributed by atoms with E-state index in [1.165, 1.54) is 34.8 Å². The highest BCUT2D eigenvalue weighted by atomic mass is 32.1. The molecule has 35 heavy (non-hydrogen) atoms. The highest BCUT2D eigenvalue weighted by molar-refractivity contribution is 7.12. The number of ether oxygens (including phenoxy) is 2. The lowest BCUT2D eigenvalue weighted by atomic mass is 10.2. The maximum atomic E-state index is 12.0. The smallest absolute Gasteiger partial charge is 0.291 e. The van der Waals surface area contributed by atoms with Gasteiger partial charge in [-0.25, -0.2) is 5.06 Å². The number of nitrogens with zero attached hydrogens (tertiary/aromatic N) is 1. The Bertz CT molecular complexity index is 1200. The second-order valence-electron chi connectivity index (χ2n) is 7.32. The van der Waals surface area contributed by atoms with Crippen molar-refractivity contribution in [3.8, 4) is 11.5 Å². The summed E-state index contributed by atoms with van der Waals surface area (Å²) in [4.78, 5) is 29.4. The first-order valence-corrected chi connectivity index (χ1v) is 12.6. The van der Waals surface area contributed by atoms with Gasteiger partial charge in [0.15, 0.2) is 5.78 Å². The van der Waals surface area contributed by atoms with Gasteiger partial charge in [-0.2, -0.15) is 0 Å². The number of hydrogen-bond donors (Lipinski definition) is 0. The Hall–Kier alpha value is -3.46. The number of Topliss-reactive ketones (excluding diaryl/α,β-unsaturated/α-hetero) is 1. The van der Waals surface area contributed by atoms with Crippen molar-refractivity contribution in [1.29, 1.82) is 0 Å². The number of thiophene rings is 2. The van der Waals surface area contributed by atoms with Crippen LogP contribution in [0.3, 0.4) is 0 Å². The Balaban J connectivity index is 0.000000198. The molecule has 0 radical (unpaired) electrons. The third kappa shape index (κ3) is 7.78. The topological polar surface area (TPSA) is 65.1 Å². The van der Waals surface area contributed by atoms with Crippen molar-refractivity contribution in [2.45, 2.75) is 20.1 Å². The van der Waals surface area contributed by atoms with Crippen molar-refractivity contribution in [1.82, 2.24) is 5.06 Å². The highest BCUT2D eigenvalue weighted by Gasteiger charge is 2.18. The predicted molar refractivity (Wildman–Crippen MR) is 139 cm³/mol. The molecule has 0 aliphatic carbocycles. The molecule has 0 spiro atoms. The molecular weight excluding hydrogens is 482 g/mol. The van der Waals surface area contributed by atoms with Crippen LogP contribution in [0.25, 0.3) is 0 Å². The first-order valence-electron chi connectivity index (χ1n) is 10.8. The van der Waals surface area contributed by atoms with Crippen LogP contribution in [0.5, 0.6) is 11.5 Å². The van der Waals surface area contributed by atoms with E-state index in [9.17, 15) is 9.59 Å². The Morgan fingerprint density at radius 1 is 0.743 bits per heavy atom. The number of rotatable bonds is 9. The summed E-state index contributed by atoms with van der Waals surface area (Å²) < 4.78 is 11.3. The molecule has 0 fully saturated rings. The Morgan fingerprint density at radius 3 is 1.66 bits per heavy atom. The van der Waals surface area contributed by atoms with Gasteiger partial charge in [0.25, 0.3) is 5.91 Å². The van der Waals surface area contributed by atoms with E-state index in [0.717, 1.165) is 11.1 Å². The zero-order valence-corrected chi connectivity index (χ0v) is 21.4. The number of hydroxylamine groups is 2. The first kappa shape index (κ1) is 26.2. The highest BCUT2D eigenvalue weighted by Crippen LogP contribution is 2.27. The van der Waals surface area contributed by atoms with Gasteiger partial charge in [0.1, 0.15) is 34.5 Å². The van der Waals surface area contributed by atoms with E-state index < -0.39 is 0 Å². The van der Waals surface area contributed by atoms with E-state index in [0.29, 0.717) is 34.5 Å². The van der Waals surface area contributed by atoms with Crippen LogP contribution in [0.1, 0.15) is 37.4 Å². The summed E-state index contributed by atoms with van der Waals surface area (Å²) in [6.07, 6.45) is 0. The average molecular weight is 510 g/mol. The van der Waals surface area contributed by atoms with Crippen molar-refractivity contribution < 1.29 is 23.9 Å². The summed E-state index contributed by atoms with van der Waals surface area (Å²) in [6, 6.07) is 23.4. The van der Waals surface area contributed by atoms with E-state index in [1.807, 2.05) is 77.5 Å². The Kier molecular flexibility index (Phi) is 10.0. The molecule has 0 saturated heterocycles. The van der Waals surface area contributed by atoms with E-state index in [-0.39, 0.29) is 11.7 Å². The zero-order valence-electron chi connectivity index (χ0n) is 19.8. The predicted octanol–water partition coefficient (Wildman–Crippen LogP) is 6.49. The summed E-state index contributed by atoms with van der Waals surface area (Å²) in [5.41, 5.74) is 2.16. The molecule has 2 aromatic carbocycles. The molecule has 6 nitrogen and oxygen atoms in total. The Morgan fingerprint density at radius 2 is 1.20 bits per heavy atom. The van der Waals surface area contributed by atoms with Gasteiger partial charge in [-0.1, -0.05) is 60.7 Å². The van der Waals surface area contributed by atoms with E-state index in [1.54, 1.807) is 20.0 Å². The Labute approximate surface area is 213 Å². The normalized spacial score (nSPS) is 10.1. The third-order valence-corrected chi connectivity index (χ3v) is 6.69. The lowest BCUT2D eigenvalue weighted by Crippen LogP contribution is -2.24. The maximum absolute atomic E-state index is 12.0. The van der Waals surface area contributed by atoms with Gasteiger partial charge in [0, 0.05) is 14.0 Å². The van der Waals surface area contributed by atoms with Gasteiger partial charge in [-0.15, -0.1) is 22.7 Å². The number of carbonyl (C=O) groups is 2. The van der Waals surface area contributed by atoms with Gasteiger partial charge in [0.2, 0.25) is 0 Å². The van der Waals surface area contributed by atoms with Crippen molar-refractivity contribution in [3.05, 3.63) is 104 Å². The molecule has 0 saturated carbocycles. The van der Waals surface area contributed by atoms with Crippen molar-refractivity contribution in [2.75, 3.05) is 14.2 Å². The number of amides is 1. The lowest BCUT2D eigenvalue weighted by molar-refractivity contribution is -0.0755. The molecule has 0 unspecified atom stereocenters. The standard InChI is InChI=1S/C14H15NO3S.C13H12O2S/c1-15(17-2)14(16)13-12(8-9-19-13)18-10-11-6-4-3-5-7-11;1-10(14)13-12(7-8-16-13)15-9-11-5-3-2-4-6-11/h3-9H,10H2,1-2H3;2-8H,9H2,1H3. The van der Waals surface area contributed by atoms with Crippen LogP contribution in [0.15, 0.2) is 83.6 Å². The molecule has 182 valence electrons. The minimum atomic E-state index is -0.208. The summed E-state index contributed by atoms with van der Waals surface area (Å²) in [5.74, 6) is 1.11. The fourth-order valence-electron chi connectivity index (χ4n) is 2.93. The number of carbonyl (C=O) groups excluding carboxylic acids is 2. The minimum absolute atomic E-state index is 0.0538. The number of benzene rings is 2. The third-order valence-electron chi connectivity index (χ3n) is 4.81. The lowest BCUT2D eigenvalue weighted by Gasteiger charge is -2.13. The number of hydrogen-bond acceptors (Lipinski definition) is 7. The van der Waals surface area contributed by atoms with Crippen LogP contribution in [0.2, 0.25) is 0 Å². The van der Waals surface area contributed by atoms with Crippen LogP contribution in [-0.2, 0) is 18.1 Å². The molecule has 2 heterocycles. The molecular formula is C27H27NO5S2. The monoisotopic (exact) mass is 509 g/mol. The maximum Gasteiger partial charge on any atom is 0.291 e. The molecule has 2 aromatic heterocycles. The second kappa shape index (κ2) is 13.4. The number of ketones is 1. The second-order valence-corrected chi connectivity index (χ2v) is 9.15. The van der Waals surface area contributed by atoms with Crippen LogP contribution in [-0.4, -0.2) is 30.9 Å². The largest absolute Gasteiger partial charge is 0.487 e. The van der Waals surface area contributed by atoms with E-state index in [4.69, 9.17) is 14.3 Å². The van der Waals surface area contributed by atoms with Crippen molar-refractivity contribution in [3.63, 3.8) is 0 Å². The van der Waals surface area contributed by atoms with E-state index in [2.05, 4.69) is 0 Å². The molecule has 8 heteroatoms. The molecule has 4 aromatic rings. The average Bonchev–Trinajstić information content (AvgIpc) is 3.56. The van der Waals surface area contributed by atoms with Crippen LogP contribution in [0, 0.1) is 0 Å². The quantitative estimate of drug-likeness (QED) is 0.191. The fourth-order valence-corrected chi connectivity index (χ4v) is 4.47. The molecule has 0 aliphatic heterocycles. The summed E-state index contributed by atoms with van der Waals surface area (Å²) >= 11 is 2.76. The van der Waals surface area contributed by atoms with Gasteiger partial charge < -0.3 is 9.47 Å². The summed E-state index contributed by atoms with van der Waals surface area (Å²) in [6.45, 7) is 2.49. The minimum Gasteiger partial charge on any atom is -0.487 e. The van der Waals surface area contributed by atoms with Crippen LogP contribution in [0.4, 0.5) is 0 Å². The van der Waals surface area contributed by atoms with Crippen LogP contribution < -0.4 is 9.47 Å². The van der Waals surface area contributed by atoms with Gasteiger partial charge in [-0.3, -0.25) is 14.4 Å². The van der Waals surface area contributed by atoms with Crippen molar-refractivity contribution >= 4 is 34.4 Å². The molecule has 1 amide bonds. The molecule has 4 rings (SSSR count). The molecule has 0 N–H and O–H groups in total. The molecule has 0 atom stereocenters. The van der Waals surface area contributed by atoms with Gasteiger partial charge >= 0.3 is 0 Å². The SMILES string of the molecule is CC(=O)c1sccc1OCc1ccccc1.CON(C)C(=O)c1sccc1OCc1ccccc1. The fraction of sp³-hybridized carbons (Fsp3) is 0.185. The summed E-state index contributed by atoms with van der Waals surface area (Å²) in [7, 11) is 3.03. The van der Waals surface area contributed by atoms with Gasteiger partial charge in [0.05, 0.1) is 7.11 Å². The van der Waals surface area contributed by atoms with Crippen molar-refractivity contribution in [2.24, 2.45) is 0 Å². The van der Waals surface area contributed by atoms with Gasteiger partial charge in [-0.05, 0) is 34.0 Å². The molecule has 0 aliphatic rings. The summed E-state index contributed by atoms with van der Waals surface area (Å²) in [5, 5.41) is 4.88. The van der Waals surface area contributed by atoms with Crippen LogP contribution >= 0.6 is 22.7 Å². The first-order chi connectivity index (χ1) is 17.0. The zero-order chi connectivity index (χ0) is 25.0.